The number of unbranched alkanes of at least 4 members (excludes halogenated alkanes) is 1. The van der Waals surface area contributed by atoms with Crippen LogP contribution in [0.25, 0.3) is 0 Å². The lowest BCUT2D eigenvalue weighted by Gasteiger charge is -2.45. The van der Waals surface area contributed by atoms with Crippen LogP contribution in [-0.4, -0.2) is 0 Å². The Bertz CT molecular complexity index is 568. The first-order valence-electron chi connectivity index (χ1n) is 7.42. The summed E-state index contributed by atoms with van der Waals surface area (Å²) in [7, 11) is 0. The second-order valence-corrected chi connectivity index (χ2v) is 5.89. The van der Waals surface area contributed by atoms with E-state index in [1.54, 1.807) is 11.1 Å². The van der Waals surface area contributed by atoms with Crippen molar-refractivity contribution >= 4 is 0 Å². The van der Waals surface area contributed by atoms with Gasteiger partial charge < -0.3 is 0 Å². The number of benzene rings is 2. The molecule has 0 N–H and O–H groups in total. The van der Waals surface area contributed by atoms with Crippen LogP contribution in [0.5, 0.6) is 0 Å². The van der Waals surface area contributed by atoms with E-state index in [1.165, 1.54) is 36.8 Å². The summed E-state index contributed by atoms with van der Waals surface area (Å²) in [5.41, 5.74) is 6.30. The van der Waals surface area contributed by atoms with Crippen LogP contribution in [0.15, 0.2) is 48.5 Å². The molecular formula is C19H22. The number of hydrogen-bond donors (Lipinski definition) is 0. The minimum atomic E-state index is 0.292. The Morgan fingerprint density at radius 3 is 2.53 bits per heavy atom. The van der Waals surface area contributed by atoms with Crippen molar-refractivity contribution in [2.45, 2.75) is 44.9 Å². The van der Waals surface area contributed by atoms with Gasteiger partial charge in [0.25, 0.3) is 0 Å². The molecule has 0 aliphatic heterocycles. The molecular weight excluding hydrogens is 228 g/mol. The Morgan fingerprint density at radius 1 is 1.05 bits per heavy atom. The molecule has 1 aliphatic carbocycles. The number of hydrogen-bond acceptors (Lipinski definition) is 0. The molecule has 0 saturated heterocycles. The van der Waals surface area contributed by atoms with Gasteiger partial charge in [-0.25, -0.2) is 0 Å². The molecule has 0 nitrogen and oxygen atoms in total. The predicted octanol–water partition coefficient (Wildman–Crippen LogP) is 5.03. The van der Waals surface area contributed by atoms with Gasteiger partial charge in [0.2, 0.25) is 0 Å². The maximum absolute atomic E-state index is 2.36. The van der Waals surface area contributed by atoms with E-state index in [0.29, 0.717) is 5.41 Å². The standard InChI is InChI=1S/C19H22/c1-3-4-12-19(17-8-6-5-7-9-17)14-16-13-15(2)10-11-18(16)19/h5-11,13H,3-4,12,14H2,1-2H3. The van der Waals surface area contributed by atoms with Crippen LogP contribution < -0.4 is 0 Å². The molecule has 3 rings (SSSR count). The summed E-state index contributed by atoms with van der Waals surface area (Å²) in [4.78, 5) is 0. The second-order valence-electron chi connectivity index (χ2n) is 5.89. The van der Waals surface area contributed by atoms with E-state index in [0.717, 1.165) is 0 Å². The maximum atomic E-state index is 2.36. The smallest absolute Gasteiger partial charge is 0.0246 e. The third-order valence-electron chi connectivity index (χ3n) is 4.55. The molecule has 98 valence electrons. The average Bonchev–Trinajstić information content (AvgIpc) is 2.42. The number of rotatable bonds is 4. The minimum Gasteiger partial charge on any atom is -0.0654 e. The lowest BCUT2D eigenvalue weighted by atomic mass is 9.58. The molecule has 1 unspecified atom stereocenters. The largest absolute Gasteiger partial charge is 0.0654 e. The van der Waals surface area contributed by atoms with E-state index in [2.05, 4.69) is 62.4 Å². The zero-order valence-electron chi connectivity index (χ0n) is 11.9. The van der Waals surface area contributed by atoms with Crippen LogP contribution in [-0.2, 0) is 11.8 Å². The molecule has 0 spiro atoms. The fourth-order valence-corrected chi connectivity index (χ4v) is 3.51. The topological polar surface area (TPSA) is 0 Å². The Morgan fingerprint density at radius 2 is 1.84 bits per heavy atom. The highest BCUT2D eigenvalue weighted by Crippen LogP contribution is 2.49. The van der Waals surface area contributed by atoms with Gasteiger partial charge >= 0.3 is 0 Å². The summed E-state index contributed by atoms with van der Waals surface area (Å²) in [6.07, 6.45) is 5.08. The van der Waals surface area contributed by atoms with Gasteiger partial charge in [-0.1, -0.05) is 73.9 Å². The van der Waals surface area contributed by atoms with Crippen molar-refractivity contribution in [3.63, 3.8) is 0 Å². The molecule has 0 heterocycles. The Hall–Kier alpha value is -1.56. The summed E-state index contributed by atoms with van der Waals surface area (Å²) in [6, 6.07) is 18.1. The van der Waals surface area contributed by atoms with Gasteiger partial charge in [0.1, 0.15) is 0 Å². The molecule has 19 heavy (non-hydrogen) atoms. The quantitative estimate of drug-likeness (QED) is 0.714. The van der Waals surface area contributed by atoms with Crippen LogP contribution >= 0.6 is 0 Å². The highest BCUT2D eigenvalue weighted by atomic mass is 14.5. The third kappa shape index (κ3) is 2.00. The Kier molecular flexibility index (Phi) is 3.18. The summed E-state index contributed by atoms with van der Waals surface area (Å²) in [6.45, 7) is 4.47. The van der Waals surface area contributed by atoms with Crippen molar-refractivity contribution in [2.75, 3.05) is 0 Å². The van der Waals surface area contributed by atoms with Gasteiger partial charge in [-0.2, -0.15) is 0 Å². The van der Waals surface area contributed by atoms with E-state index in [4.69, 9.17) is 0 Å². The first-order valence-corrected chi connectivity index (χ1v) is 7.42. The van der Waals surface area contributed by atoms with Crippen molar-refractivity contribution in [1.29, 1.82) is 0 Å². The SMILES string of the molecule is CCCCC1(c2ccccc2)Cc2cc(C)ccc21. The highest BCUT2D eigenvalue weighted by Gasteiger charge is 2.43. The van der Waals surface area contributed by atoms with E-state index < -0.39 is 0 Å². The zero-order chi connectivity index (χ0) is 13.3. The molecule has 0 bridgehead atoms. The van der Waals surface area contributed by atoms with Gasteiger partial charge in [-0.05, 0) is 36.5 Å². The monoisotopic (exact) mass is 250 g/mol. The summed E-state index contributed by atoms with van der Waals surface area (Å²) >= 11 is 0. The van der Waals surface area contributed by atoms with Crippen molar-refractivity contribution in [1.82, 2.24) is 0 Å². The molecule has 0 heteroatoms. The van der Waals surface area contributed by atoms with E-state index in [1.807, 2.05) is 0 Å². The molecule has 0 aromatic heterocycles. The van der Waals surface area contributed by atoms with E-state index >= 15 is 0 Å². The lowest BCUT2D eigenvalue weighted by molar-refractivity contribution is 0.398. The van der Waals surface area contributed by atoms with Crippen LogP contribution in [0.4, 0.5) is 0 Å². The number of fused-ring (bicyclic) bond motifs is 1. The van der Waals surface area contributed by atoms with E-state index in [-0.39, 0.29) is 0 Å². The number of aryl methyl sites for hydroxylation is 1. The lowest BCUT2D eigenvalue weighted by Crippen LogP contribution is -2.40. The van der Waals surface area contributed by atoms with Gasteiger partial charge in [-0.3, -0.25) is 0 Å². The van der Waals surface area contributed by atoms with Crippen LogP contribution in [0.1, 0.15) is 48.4 Å². The van der Waals surface area contributed by atoms with Crippen molar-refractivity contribution in [3.05, 3.63) is 70.8 Å². The summed E-state index contributed by atoms with van der Waals surface area (Å²) < 4.78 is 0. The van der Waals surface area contributed by atoms with Crippen LogP contribution in [0, 0.1) is 6.92 Å². The van der Waals surface area contributed by atoms with Crippen LogP contribution in [0.3, 0.4) is 0 Å². The normalized spacial score (nSPS) is 20.7. The molecule has 1 aliphatic rings. The van der Waals surface area contributed by atoms with Gasteiger partial charge in [-0.15, -0.1) is 0 Å². The predicted molar refractivity (Wildman–Crippen MR) is 81.6 cm³/mol. The molecule has 0 saturated carbocycles. The molecule has 0 amide bonds. The first kappa shape index (κ1) is 12.5. The zero-order valence-corrected chi connectivity index (χ0v) is 11.9. The van der Waals surface area contributed by atoms with Crippen molar-refractivity contribution in [3.8, 4) is 0 Å². The van der Waals surface area contributed by atoms with E-state index in [9.17, 15) is 0 Å². The second kappa shape index (κ2) is 4.85. The van der Waals surface area contributed by atoms with Crippen molar-refractivity contribution in [2.24, 2.45) is 0 Å². The fraction of sp³-hybridized carbons (Fsp3) is 0.368. The Labute approximate surface area is 116 Å². The molecule has 2 aromatic carbocycles. The Balaban J connectivity index is 2.03. The fourth-order valence-electron chi connectivity index (χ4n) is 3.51. The molecule has 2 aromatic rings. The van der Waals surface area contributed by atoms with Gasteiger partial charge in [0, 0.05) is 5.41 Å². The molecule has 1 atom stereocenters. The average molecular weight is 250 g/mol. The summed E-state index contributed by atoms with van der Waals surface area (Å²) in [5.74, 6) is 0. The third-order valence-corrected chi connectivity index (χ3v) is 4.55. The van der Waals surface area contributed by atoms with Gasteiger partial charge in [0.15, 0.2) is 0 Å². The minimum absolute atomic E-state index is 0.292. The first-order chi connectivity index (χ1) is 9.26. The maximum Gasteiger partial charge on any atom is 0.0246 e. The molecule has 0 radical (unpaired) electrons. The van der Waals surface area contributed by atoms with Crippen LogP contribution in [0.2, 0.25) is 0 Å². The molecule has 0 fully saturated rings. The highest BCUT2D eigenvalue weighted by molar-refractivity contribution is 5.54. The summed E-state index contributed by atoms with van der Waals surface area (Å²) in [5, 5.41) is 0. The van der Waals surface area contributed by atoms with Gasteiger partial charge in [0.05, 0.1) is 0 Å². The van der Waals surface area contributed by atoms with Crippen molar-refractivity contribution < 1.29 is 0 Å².